The first-order chi connectivity index (χ1) is 25.8. The quantitative estimate of drug-likeness (QED) is 0.0731. The van der Waals surface area contributed by atoms with Crippen molar-refractivity contribution in [2.45, 2.75) is 165 Å². The number of unbranched alkanes of at least 4 members (excludes halogenated alkanes) is 5. The van der Waals surface area contributed by atoms with Gasteiger partial charge in [-0.1, -0.05) is 59.3 Å². The van der Waals surface area contributed by atoms with Crippen molar-refractivity contribution in [3.05, 3.63) is 0 Å². The second kappa shape index (κ2) is 41.6. The zero-order chi connectivity index (χ0) is 43.9. The Hall–Kier alpha value is -0.533. The number of carboxylic acids is 6. The van der Waals surface area contributed by atoms with Gasteiger partial charge in [0.05, 0.1) is 0 Å². The molecule has 0 aromatic heterocycles. The molecule has 0 aliphatic heterocycles. The Kier molecular flexibility index (Phi) is 48.2. The normalized spacial score (nSPS) is 13.5. The van der Waals surface area contributed by atoms with Crippen LogP contribution in [-0.4, -0.2) is 98.1 Å². The summed E-state index contributed by atoms with van der Waals surface area (Å²) in [5, 5.41) is 64.6. The minimum atomic E-state index is -1.35. The van der Waals surface area contributed by atoms with Gasteiger partial charge in [0.25, 0.3) is 0 Å². The molecule has 0 aliphatic rings. The summed E-state index contributed by atoms with van der Waals surface area (Å²) in [7, 11) is 0. The van der Waals surface area contributed by atoms with Crippen LogP contribution in [0.2, 0.25) is 8.87 Å². The van der Waals surface area contributed by atoms with E-state index < -0.39 is 71.3 Å². The maximum absolute atomic E-state index is 11.0. The molecule has 0 rings (SSSR count). The number of carbonyl (C=O) groups excluding carboxylic acids is 6. The van der Waals surface area contributed by atoms with Gasteiger partial charge in [0.1, 0.15) is 0 Å². The molecular weight excluding hydrogens is 982 g/mol. The van der Waals surface area contributed by atoms with Crippen molar-refractivity contribution in [2.75, 3.05) is 17.3 Å². The van der Waals surface area contributed by atoms with E-state index in [9.17, 15) is 59.4 Å². The second-order valence-corrected chi connectivity index (χ2v) is 17.5. The molecule has 17 heteroatoms. The molecule has 0 spiro atoms. The number of hydrogen-bond acceptors (Lipinski definition) is 15. The molecule has 55 heavy (non-hydrogen) atoms. The SMILES string of the molecule is CCCCC(CCS)(CC(=O)[O-])C(=O)[O-].CCCCC(CCS)(CC(=O)[O-])C(=O)[O-].CCCCC(CCS)(CC(=O)[O-])C(=O)[O-].CCC[CH2][Sn+3].CCC[CH2][Sn+3]. The summed E-state index contributed by atoms with van der Waals surface area (Å²) in [5.74, 6) is -7.01. The van der Waals surface area contributed by atoms with Gasteiger partial charge in [0.15, 0.2) is 0 Å². The first kappa shape index (κ1) is 63.6. The third-order valence-corrected chi connectivity index (χ3v) is 11.3. The van der Waals surface area contributed by atoms with Crippen molar-refractivity contribution >= 4 is 119 Å². The molecular formula is C38H66O12S3Sn2. The van der Waals surface area contributed by atoms with Gasteiger partial charge < -0.3 is 59.4 Å². The Morgan fingerprint density at radius 2 is 0.600 bits per heavy atom. The third kappa shape index (κ3) is 35.2. The van der Waals surface area contributed by atoms with Gasteiger partial charge in [-0.05, 0) is 75.0 Å². The van der Waals surface area contributed by atoms with Crippen LogP contribution >= 0.6 is 37.9 Å². The van der Waals surface area contributed by atoms with Crippen LogP contribution in [0.4, 0.5) is 0 Å². The van der Waals surface area contributed by atoms with Gasteiger partial charge >= 0.3 is 93.5 Å². The first-order valence-electron chi connectivity index (χ1n) is 19.1. The van der Waals surface area contributed by atoms with Crippen LogP contribution in [0.1, 0.15) is 157 Å². The molecule has 0 radical (unpaired) electrons. The van der Waals surface area contributed by atoms with E-state index in [4.69, 9.17) is 0 Å². The number of rotatable bonds is 28. The molecule has 3 atom stereocenters. The average molecular weight is 1050 g/mol. The van der Waals surface area contributed by atoms with Crippen LogP contribution in [0, 0.1) is 16.2 Å². The van der Waals surface area contributed by atoms with E-state index in [1.165, 1.54) is 34.6 Å². The predicted octanol–water partition coefficient (Wildman–Crippen LogP) is 0.865. The zero-order valence-electron chi connectivity index (χ0n) is 33.7. The molecule has 3 unspecified atom stereocenters. The number of carbonyl (C=O) groups is 6. The molecule has 0 heterocycles. The van der Waals surface area contributed by atoms with E-state index in [1.807, 2.05) is 20.8 Å². The van der Waals surface area contributed by atoms with E-state index in [1.54, 1.807) is 45.0 Å². The summed E-state index contributed by atoms with van der Waals surface area (Å²) in [6.07, 6.45) is 10.1. The van der Waals surface area contributed by atoms with Gasteiger partial charge in [-0.25, -0.2) is 0 Å². The Labute approximate surface area is 374 Å². The van der Waals surface area contributed by atoms with Crippen LogP contribution in [0.3, 0.4) is 0 Å². The second-order valence-electron chi connectivity index (χ2n) is 13.3. The van der Waals surface area contributed by atoms with Gasteiger partial charge in [-0.15, -0.1) is 0 Å². The molecule has 0 saturated heterocycles. The summed E-state index contributed by atoms with van der Waals surface area (Å²) >= 11 is 15.2. The Bertz CT molecular complexity index is 901. The standard InChI is InChI=1S/3C10H18O4S.2C4H9.2Sn/c3*1-2-3-4-10(5-6-15,9(13)14)7-8(11)12;2*1-3-4-2;;/h3*15H,2-7H2,1H3,(H,11,12)(H,13,14);2*1,3-4H2,2H3;;/q;;;;;2*+3/p-6. The maximum atomic E-state index is 11.0. The predicted molar refractivity (Wildman–Crippen MR) is 216 cm³/mol. The van der Waals surface area contributed by atoms with E-state index >= 15 is 0 Å². The molecule has 0 bridgehead atoms. The molecule has 0 saturated carbocycles. The summed E-state index contributed by atoms with van der Waals surface area (Å²) in [6, 6.07) is 0. The average Bonchev–Trinajstić information content (AvgIpc) is 3.09. The van der Waals surface area contributed by atoms with Crippen LogP contribution in [0.25, 0.3) is 0 Å². The van der Waals surface area contributed by atoms with E-state index in [2.05, 4.69) is 51.7 Å². The van der Waals surface area contributed by atoms with Crippen LogP contribution < -0.4 is 30.6 Å². The molecule has 0 aromatic rings. The van der Waals surface area contributed by atoms with Crippen LogP contribution in [0.15, 0.2) is 0 Å². The molecule has 316 valence electrons. The number of hydrogen-bond donors (Lipinski definition) is 3. The van der Waals surface area contributed by atoms with Crippen molar-refractivity contribution in [1.29, 1.82) is 0 Å². The number of aliphatic carboxylic acids is 6. The molecule has 0 amide bonds. The fraction of sp³-hybridized carbons (Fsp3) is 0.842. The topological polar surface area (TPSA) is 241 Å². The monoisotopic (exact) mass is 1050 g/mol. The Morgan fingerprint density at radius 3 is 0.691 bits per heavy atom. The van der Waals surface area contributed by atoms with E-state index in [0.717, 1.165) is 19.3 Å². The zero-order valence-corrected chi connectivity index (χ0v) is 42.1. The molecule has 0 fully saturated rings. The van der Waals surface area contributed by atoms with Gasteiger partial charge in [-0.3, -0.25) is 0 Å². The number of thiol groups is 3. The molecule has 12 nitrogen and oxygen atoms in total. The molecule has 0 aliphatic carbocycles. The van der Waals surface area contributed by atoms with E-state index in [-0.39, 0.29) is 19.3 Å². The van der Waals surface area contributed by atoms with Crippen molar-refractivity contribution in [1.82, 2.24) is 0 Å². The minimum absolute atomic E-state index is 0.201. The Balaban J connectivity index is -0.000000202. The summed E-state index contributed by atoms with van der Waals surface area (Å²) in [4.78, 5) is 64.6. The van der Waals surface area contributed by atoms with Crippen LogP contribution in [0.5, 0.6) is 0 Å². The van der Waals surface area contributed by atoms with Crippen molar-refractivity contribution in [2.24, 2.45) is 16.2 Å². The van der Waals surface area contributed by atoms with Gasteiger partial charge in [0, 0.05) is 52.1 Å². The fourth-order valence-electron chi connectivity index (χ4n) is 5.10. The Morgan fingerprint density at radius 1 is 0.400 bits per heavy atom. The van der Waals surface area contributed by atoms with E-state index in [0.29, 0.717) is 55.8 Å². The summed E-state index contributed by atoms with van der Waals surface area (Å²) in [6.45, 7) is 10.2. The fourth-order valence-corrected chi connectivity index (χ4v) is 8.41. The first-order valence-corrected chi connectivity index (χ1v) is 25.1. The summed E-state index contributed by atoms with van der Waals surface area (Å²) in [5.41, 5.74) is -3.93. The number of carboxylic acid groups (broad SMARTS) is 6. The van der Waals surface area contributed by atoms with Gasteiger partial charge in [0.2, 0.25) is 0 Å². The van der Waals surface area contributed by atoms with Crippen molar-refractivity contribution in [3.8, 4) is 0 Å². The van der Waals surface area contributed by atoms with Crippen molar-refractivity contribution in [3.63, 3.8) is 0 Å². The van der Waals surface area contributed by atoms with Crippen molar-refractivity contribution < 1.29 is 59.4 Å². The molecule has 0 N–H and O–H groups in total. The molecule has 0 aromatic carbocycles. The summed E-state index contributed by atoms with van der Waals surface area (Å²) < 4.78 is 2.87. The van der Waals surface area contributed by atoms with Gasteiger partial charge in [-0.2, -0.15) is 37.9 Å². The van der Waals surface area contributed by atoms with Crippen LogP contribution in [-0.2, 0) is 28.8 Å². The third-order valence-electron chi connectivity index (χ3n) is 8.61.